The Balaban J connectivity index is 1.44. The number of nitrogens with one attached hydrogen (secondary N) is 2. The molecular weight excluding hydrogens is 316 g/mol. The Morgan fingerprint density at radius 3 is 2.91 bits per heavy atom. The van der Waals surface area contributed by atoms with E-state index in [9.17, 15) is 9.59 Å². The highest BCUT2D eigenvalue weighted by Crippen LogP contribution is 2.17. The van der Waals surface area contributed by atoms with Gasteiger partial charge in [0.25, 0.3) is 5.78 Å². The first kappa shape index (κ1) is 15.7. The van der Waals surface area contributed by atoms with Crippen LogP contribution in [0.3, 0.4) is 0 Å². The van der Waals surface area contributed by atoms with Gasteiger partial charge < -0.3 is 5.32 Å². The number of rotatable bonds is 4. The molecule has 3 rings (SSSR count). The SMILES string of the molecule is O=C(CSc1nc2ncccn2n1)NC(=O)NC1CCCCC1. The molecule has 0 spiro atoms. The van der Waals surface area contributed by atoms with Crippen molar-refractivity contribution in [1.82, 2.24) is 30.2 Å². The Morgan fingerprint density at radius 1 is 1.30 bits per heavy atom. The normalized spacial score (nSPS) is 15.5. The maximum absolute atomic E-state index is 11.8. The molecule has 9 heteroatoms. The molecule has 0 saturated heterocycles. The van der Waals surface area contributed by atoms with E-state index in [2.05, 4.69) is 25.7 Å². The van der Waals surface area contributed by atoms with E-state index in [4.69, 9.17) is 0 Å². The molecule has 3 amide bonds. The lowest BCUT2D eigenvalue weighted by Gasteiger charge is -2.22. The van der Waals surface area contributed by atoms with Gasteiger partial charge in [0.2, 0.25) is 11.1 Å². The molecule has 2 N–H and O–H groups in total. The van der Waals surface area contributed by atoms with Gasteiger partial charge in [0, 0.05) is 18.4 Å². The zero-order valence-electron chi connectivity index (χ0n) is 12.6. The monoisotopic (exact) mass is 334 g/mol. The van der Waals surface area contributed by atoms with E-state index in [1.807, 2.05) is 0 Å². The fourth-order valence-electron chi connectivity index (χ4n) is 2.54. The first-order valence-corrected chi connectivity index (χ1v) is 8.60. The number of nitrogens with zero attached hydrogens (tertiary/aromatic N) is 4. The summed E-state index contributed by atoms with van der Waals surface area (Å²) in [5, 5.41) is 9.82. The largest absolute Gasteiger partial charge is 0.335 e. The number of carbonyl (C=O) groups excluding carboxylic acids is 2. The Labute approximate surface area is 137 Å². The van der Waals surface area contributed by atoms with Gasteiger partial charge in [0.15, 0.2) is 0 Å². The summed E-state index contributed by atoms with van der Waals surface area (Å²) in [7, 11) is 0. The zero-order chi connectivity index (χ0) is 16.1. The summed E-state index contributed by atoms with van der Waals surface area (Å²) in [6, 6.07) is 1.50. The number of fused-ring (bicyclic) bond motifs is 1. The third-order valence-electron chi connectivity index (χ3n) is 3.62. The fraction of sp³-hybridized carbons (Fsp3) is 0.500. The molecule has 0 aliphatic heterocycles. The van der Waals surface area contributed by atoms with Crippen LogP contribution in [0.15, 0.2) is 23.6 Å². The maximum atomic E-state index is 11.8. The predicted octanol–water partition coefficient (Wildman–Crippen LogP) is 1.37. The quantitative estimate of drug-likeness (QED) is 0.819. The number of aromatic nitrogens is 4. The maximum Gasteiger partial charge on any atom is 0.321 e. The van der Waals surface area contributed by atoms with Crippen LogP contribution in [0.5, 0.6) is 0 Å². The highest BCUT2D eigenvalue weighted by molar-refractivity contribution is 7.99. The molecule has 2 aromatic rings. The average molecular weight is 334 g/mol. The molecule has 122 valence electrons. The number of carbonyl (C=O) groups is 2. The lowest BCUT2D eigenvalue weighted by atomic mass is 9.96. The van der Waals surface area contributed by atoms with Crippen LogP contribution in [-0.2, 0) is 4.79 Å². The number of thioether (sulfide) groups is 1. The van der Waals surface area contributed by atoms with E-state index < -0.39 is 6.03 Å². The van der Waals surface area contributed by atoms with Crippen LogP contribution >= 0.6 is 11.8 Å². The molecule has 1 aliphatic rings. The number of urea groups is 1. The van der Waals surface area contributed by atoms with E-state index in [0.29, 0.717) is 10.9 Å². The molecule has 0 radical (unpaired) electrons. The lowest BCUT2D eigenvalue weighted by molar-refractivity contribution is -0.117. The molecule has 0 aromatic carbocycles. The van der Waals surface area contributed by atoms with Crippen molar-refractivity contribution in [2.45, 2.75) is 43.3 Å². The molecule has 2 heterocycles. The van der Waals surface area contributed by atoms with Crippen molar-refractivity contribution in [3.8, 4) is 0 Å². The van der Waals surface area contributed by atoms with E-state index >= 15 is 0 Å². The van der Waals surface area contributed by atoms with Crippen molar-refractivity contribution in [3.63, 3.8) is 0 Å². The minimum atomic E-state index is -0.424. The van der Waals surface area contributed by atoms with Crippen LogP contribution in [0.2, 0.25) is 0 Å². The van der Waals surface area contributed by atoms with Crippen molar-refractivity contribution in [2.75, 3.05) is 5.75 Å². The minimum Gasteiger partial charge on any atom is -0.335 e. The third kappa shape index (κ3) is 4.41. The standard InChI is InChI=1S/C14H18N6O2S/c21-11(17-13(22)16-10-5-2-1-3-6-10)9-23-14-18-12-15-7-4-8-20(12)19-14/h4,7-8,10H,1-3,5-6,9H2,(H2,16,17,21,22). The number of hydrogen-bond acceptors (Lipinski definition) is 6. The summed E-state index contributed by atoms with van der Waals surface area (Å²) in [6.45, 7) is 0. The second-order valence-electron chi connectivity index (χ2n) is 5.40. The van der Waals surface area contributed by atoms with Gasteiger partial charge >= 0.3 is 6.03 Å². The number of imide groups is 1. The molecule has 23 heavy (non-hydrogen) atoms. The predicted molar refractivity (Wildman–Crippen MR) is 85.1 cm³/mol. The van der Waals surface area contributed by atoms with E-state index in [-0.39, 0.29) is 17.7 Å². The summed E-state index contributed by atoms with van der Waals surface area (Å²) in [6.07, 6.45) is 8.79. The molecule has 0 atom stereocenters. The fourth-order valence-corrected chi connectivity index (χ4v) is 3.16. The Morgan fingerprint density at radius 2 is 2.13 bits per heavy atom. The summed E-state index contributed by atoms with van der Waals surface area (Å²) >= 11 is 1.17. The second kappa shape index (κ2) is 7.40. The van der Waals surface area contributed by atoms with Gasteiger partial charge in [0.1, 0.15) is 0 Å². The summed E-state index contributed by atoms with van der Waals surface area (Å²) < 4.78 is 1.54. The Kier molecular flexibility index (Phi) is 5.06. The summed E-state index contributed by atoms with van der Waals surface area (Å²) in [4.78, 5) is 31.8. The highest BCUT2D eigenvalue weighted by atomic mass is 32.2. The van der Waals surface area contributed by atoms with Gasteiger partial charge in [0.05, 0.1) is 5.75 Å². The van der Waals surface area contributed by atoms with Crippen molar-refractivity contribution >= 4 is 29.5 Å². The van der Waals surface area contributed by atoms with Crippen molar-refractivity contribution in [3.05, 3.63) is 18.5 Å². The molecule has 1 aliphatic carbocycles. The lowest BCUT2D eigenvalue weighted by Crippen LogP contribution is -2.45. The molecule has 0 bridgehead atoms. The highest BCUT2D eigenvalue weighted by Gasteiger charge is 2.17. The van der Waals surface area contributed by atoms with Crippen molar-refractivity contribution in [1.29, 1.82) is 0 Å². The molecule has 1 saturated carbocycles. The summed E-state index contributed by atoms with van der Waals surface area (Å²) in [5.41, 5.74) is 0. The molecular formula is C14H18N6O2S. The molecule has 8 nitrogen and oxygen atoms in total. The van der Waals surface area contributed by atoms with Gasteiger partial charge in [-0.15, -0.1) is 5.10 Å². The van der Waals surface area contributed by atoms with Crippen LogP contribution < -0.4 is 10.6 Å². The zero-order valence-corrected chi connectivity index (χ0v) is 13.4. The van der Waals surface area contributed by atoms with Gasteiger partial charge in [-0.2, -0.15) is 4.98 Å². The minimum absolute atomic E-state index is 0.0783. The molecule has 1 fully saturated rings. The topological polar surface area (TPSA) is 101 Å². The van der Waals surface area contributed by atoms with Crippen molar-refractivity contribution < 1.29 is 9.59 Å². The van der Waals surface area contributed by atoms with E-state index in [1.165, 1.54) is 22.7 Å². The summed E-state index contributed by atoms with van der Waals surface area (Å²) in [5.74, 6) is 0.190. The number of amides is 3. The first-order valence-electron chi connectivity index (χ1n) is 7.61. The molecule has 2 aromatic heterocycles. The number of hydrogen-bond donors (Lipinski definition) is 2. The average Bonchev–Trinajstić information content (AvgIpc) is 2.96. The smallest absolute Gasteiger partial charge is 0.321 e. The van der Waals surface area contributed by atoms with Crippen LogP contribution in [0.1, 0.15) is 32.1 Å². The van der Waals surface area contributed by atoms with Crippen LogP contribution in [0, 0.1) is 0 Å². The van der Waals surface area contributed by atoms with Crippen molar-refractivity contribution in [2.24, 2.45) is 0 Å². The first-order chi connectivity index (χ1) is 11.2. The second-order valence-corrected chi connectivity index (χ2v) is 6.35. The Hall–Kier alpha value is -2.16. The van der Waals surface area contributed by atoms with Crippen LogP contribution in [-0.4, -0.2) is 43.3 Å². The van der Waals surface area contributed by atoms with Crippen LogP contribution in [0.25, 0.3) is 5.78 Å². The molecule has 0 unspecified atom stereocenters. The van der Waals surface area contributed by atoms with Gasteiger partial charge in [-0.25, -0.2) is 14.3 Å². The third-order valence-corrected chi connectivity index (χ3v) is 4.46. The van der Waals surface area contributed by atoms with Crippen LogP contribution in [0.4, 0.5) is 4.79 Å². The van der Waals surface area contributed by atoms with E-state index in [1.54, 1.807) is 18.5 Å². The van der Waals surface area contributed by atoms with Gasteiger partial charge in [-0.1, -0.05) is 31.0 Å². The van der Waals surface area contributed by atoms with Gasteiger partial charge in [-0.05, 0) is 18.9 Å². The Bertz CT molecular complexity index is 664. The van der Waals surface area contributed by atoms with E-state index in [0.717, 1.165) is 25.7 Å². The van der Waals surface area contributed by atoms with Gasteiger partial charge in [-0.3, -0.25) is 10.1 Å².